The molecule has 0 spiro atoms. The Hall–Kier alpha value is -3.82. The Balaban J connectivity index is 1.93. The lowest BCUT2D eigenvalue weighted by Gasteiger charge is -2.08. The predicted octanol–water partition coefficient (Wildman–Crippen LogP) is 3.28. The molecule has 0 fully saturated rings. The van der Waals surface area contributed by atoms with E-state index in [4.69, 9.17) is 0 Å². The number of carbonyl (C=O) groups is 1. The summed E-state index contributed by atoms with van der Waals surface area (Å²) in [6.07, 6.45) is -1.53. The van der Waals surface area contributed by atoms with Crippen LogP contribution in [0.25, 0.3) is 16.7 Å². The molecule has 2 aromatic heterocycles. The summed E-state index contributed by atoms with van der Waals surface area (Å²) in [7, 11) is 0. The number of halogens is 3. The number of rotatable bonds is 4. The first kappa shape index (κ1) is 18.5. The highest BCUT2D eigenvalue weighted by Gasteiger charge is 2.30. The number of aromatic carboxylic acids is 1. The number of H-pyrrole nitrogens is 1. The van der Waals surface area contributed by atoms with E-state index in [1.165, 1.54) is 52.0 Å². The molecule has 10 heteroatoms. The number of imidazole rings is 2. The molecule has 0 radical (unpaired) electrons. The van der Waals surface area contributed by atoms with Crippen molar-refractivity contribution in [3.05, 3.63) is 82.3 Å². The van der Waals surface area contributed by atoms with Gasteiger partial charge in [0.2, 0.25) is 0 Å². The van der Waals surface area contributed by atoms with Gasteiger partial charge in [-0.15, -0.1) is 0 Å². The van der Waals surface area contributed by atoms with E-state index in [0.717, 1.165) is 12.1 Å². The SMILES string of the molecule is O=C(O)c1ccc2c(c1)n(Cc1cnc[nH]1)c(=O)n2-c1ccc(C(F)(F)F)cc1. The first-order valence-corrected chi connectivity index (χ1v) is 8.39. The number of carboxylic acids is 1. The minimum absolute atomic E-state index is 0.0135. The molecule has 0 saturated heterocycles. The van der Waals surface area contributed by atoms with Crippen molar-refractivity contribution in [1.82, 2.24) is 19.1 Å². The Morgan fingerprint density at radius 2 is 1.83 bits per heavy atom. The van der Waals surface area contributed by atoms with Crippen LogP contribution in [-0.4, -0.2) is 30.2 Å². The molecule has 7 nitrogen and oxygen atoms in total. The summed E-state index contributed by atoms with van der Waals surface area (Å²) in [5.74, 6) is -1.16. The Bertz CT molecular complexity index is 1250. The first-order valence-electron chi connectivity index (χ1n) is 8.39. The largest absolute Gasteiger partial charge is 0.478 e. The van der Waals surface area contributed by atoms with Crippen molar-refractivity contribution in [2.24, 2.45) is 0 Å². The zero-order valence-corrected chi connectivity index (χ0v) is 14.6. The molecular formula is C19H13F3N4O3. The molecule has 4 rings (SSSR count). The molecule has 0 bridgehead atoms. The fraction of sp³-hybridized carbons (Fsp3) is 0.105. The highest BCUT2D eigenvalue weighted by Crippen LogP contribution is 2.30. The summed E-state index contributed by atoms with van der Waals surface area (Å²) in [4.78, 5) is 31.2. The second kappa shape index (κ2) is 6.66. The maximum Gasteiger partial charge on any atom is 0.416 e. The van der Waals surface area contributed by atoms with Gasteiger partial charge in [0.1, 0.15) is 0 Å². The molecule has 2 N–H and O–H groups in total. The lowest BCUT2D eigenvalue weighted by Crippen LogP contribution is -2.24. The highest BCUT2D eigenvalue weighted by molar-refractivity contribution is 5.93. The molecule has 0 aliphatic heterocycles. The number of fused-ring (bicyclic) bond motifs is 1. The van der Waals surface area contributed by atoms with Crippen molar-refractivity contribution in [2.45, 2.75) is 12.7 Å². The van der Waals surface area contributed by atoms with Crippen molar-refractivity contribution >= 4 is 17.0 Å². The van der Waals surface area contributed by atoms with Gasteiger partial charge in [0.25, 0.3) is 0 Å². The Labute approximate surface area is 160 Å². The van der Waals surface area contributed by atoms with E-state index >= 15 is 0 Å². The first-order chi connectivity index (χ1) is 13.8. The lowest BCUT2D eigenvalue weighted by atomic mass is 10.1. The van der Waals surface area contributed by atoms with Crippen LogP contribution in [0, 0.1) is 0 Å². The molecule has 29 heavy (non-hydrogen) atoms. The molecule has 0 aliphatic carbocycles. The van der Waals surface area contributed by atoms with Crippen LogP contribution in [0.2, 0.25) is 0 Å². The quantitative estimate of drug-likeness (QED) is 0.548. The van der Waals surface area contributed by atoms with Crippen molar-refractivity contribution in [2.75, 3.05) is 0 Å². The zero-order chi connectivity index (χ0) is 20.8. The minimum atomic E-state index is -4.49. The summed E-state index contributed by atoms with van der Waals surface area (Å²) in [6, 6.07) is 8.35. The van der Waals surface area contributed by atoms with Crippen LogP contribution in [0.5, 0.6) is 0 Å². The van der Waals surface area contributed by atoms with Crippen LogP contribution < -0.4 is 5.69 Å². The number of carboxylic acid groups (broad SMARTS) is 1. The van der Waals surface area contributed by atoms with Crippen molar-refractivity contribution in [3.63, 3.8) is 0 Å². The number of nitrogens with zero attached hydrogens (tertiary/aromatic N) is 3. The van der Waals surface area contributed by atoms with Crippen molar-refractivity contribution in [3.8, 4) is 5.69 Å². The highest BCUT2D eigenvalue weighted by atomic mass is 19.4. The lowest BCUT2D eigenvalue weighted by molar-refractivity contribution is -0.137. The van der Waals surface area contributed by atoms with E-state index in [1.54, 1.807) is 0 Å². The summed E-state index contributed by atoms with van der Waals surface area (Å²) >= 11 is 0. The summed E-state index contributed by atoms with van der Waals surface area (Å²) < 4.78 is 41.1. The summed E-state index contributed by atoms with van der Waals surface area (Å²) in [5.41, 5.74) is 0.198. The van der Waals surface area contributed by atoms with E-state index in [2.05, 4.69) is 9.97 Å². The fourth-order valence-electron chi connectivity index (χ4n) is 3.13. The van der Waals surface area contributed by atoms with Crippen molar-refractivity contribution in [1.29, 1.82) is 0 Å². The normalized spacial score (nSPS) is 11.8. The average Bonchev–Trinajstić information content (AvgIpc) is 3.28. The summed E-state index contributed by atoms with van der Waals surface area (Å²) in [5, 5.41) is 9.27. The zero-order valence-electron chi connectivity index (χ0n) is 14.6. The standard InChI is InChI=1S/C19H13F3N4O3/c20-19(21,22)12-2-4-14(5-3-12)26-15-6-1-11(17(27)28)7-16(15)25(18(26)29)9-13-8-23-10-24-13/h1-8,10H,9H2,(H,23,24)(H,27,28). The number of hydrogen-bond donors (Lipinski definition) is 2. The van der Waals surface area contributed by atoms with Gasteiger partial charge in [0.05, 0.1) is 46.4 Å². The van der Waals surface area contributed by atoms with Crippen LogP contribution in [0.15, 0.2) is 59.8 Å². The maximum atomic E-state index is 13.1. The van der Waals surface area contributed by atoms with Gasteiger partial charge in [0, 0.05) is 6.20 Å². The summed E-state index contributed by atoms with van der Waals surface area (Å²) in [6.45, 7) is 0.0893. The van der Waals surface area contributed by atoms with Crippen LogP contribution in [-0.2, 0) is 12.7 Å². The second-order valence-electron chi connectivity index (χ2n) is 6.33. The van der Waals surface area contributed by atoms with Gasteiger partial charge in [-0.1, -0.05) is 0 Å². The number of aromatic amines is 1. The number of alkyl halides is 3. The van der Waals surface area contributed by atoms with Crippen LogP contribution in [0.4, 0.5) is 13.2 Å². The molecule has 2 aromatic carbocycles. The van der Waals surface area contributed by atoms with Crippen molar-refractivity contribution < 1.29 is 23.1 Å². The molecule has 0 aliphatic rings. The van der Waals surface area contributed by atoms with Gasteiger partial charge in [0.15, 0.2) is 0 Å². The average molecular weight is 402 g/mol. The molecule has 0 unspecified atom stereocenters. The topological polar surface area (TPSA) is 92.9 Å². The van der Waals surface area contributed by atoms with Gasteiger partial charge in [-0.05, 0) is 42.5 Å². The van der Waals surface area contributed by atoms with Gasteiger partial charge < -0.3 is 10.1 Å². The fourth-order valence-corrected chi connectivity index (χ4v) is 3.13. The predicted molar refractivity (Wildman–Crippen MR) is 97.2 cm³/mol. The van der Waals surface area contributed by atoms with Crippen LogP contribution in [0.1, 0.15) is 21.6 Å². The van der Waals surface area contributed by atoms with Gasteiger partial charge in [-0.25, -0.2) is 14.6 Å². The second-order valence-corrected chi connectivity index (χ2v) is 6.33. The minimum Gasteiger partial charge on any atom is -0.478 e. The molecule has 0 amide bonds. The number of benzene rings is 2. The number of aromatic nitrogens is 4. The van der Waals surface area contributed by atoms with Crippen LogP contribution in [0.3, 0.4) is 0 Å². The van der Waals surface area contributed by atoms with Gasteiger partial charge >= 0.3 is 17.8 Å². The molecule has 4 aromatic rings. The number of hydrogen-bond acceptors (Lipinski definition) is 3. The van der Waals surface area contributed by atoms with Gasteiger partial charge in [-0.3, -0.25) is 9.13 Å². The van der Waals surface area contributed by atoms with Gasteiger partial charge in [-0.2, -0.15) is 13.2 Å². The molecule has 148 valence electrons. The number of nitrogens with one attached hydrogen (secondary N) is 1. The third-order valence-corrected chi connectivity index (χ3v) is 4.51. The van der Waals surface area contributed by atoms with E-state index in [9.17, 15) is 27.9 Å². The van der Waals surface area contributed by atoms with E-state index in [0.29, 0.717) is 16.7 Å². The Morgan fingerprint density at radius 1 is 1.10 bits per heavy atom. The molecular weight excluding hydrogens is 389 g/mol. The molecule has 2 heterocycles. The molecule has 0 saturated carbocycles. The monoisotopic (exact) mass is 402 g/mol. The van der Waals surface area contributed by atoms with E-state index < -0.39 is 23.4 Å². The maximum absolute atomic E-state index is 13.1. The Kier molecular flexibility index (Phi) is 4.26. The Morgan fingerprint density at radius 3 is 2.41 bits per heavy atom. The van der Waals surface area contributed by atoms with E-state index in [-0.39, 0.29) is 17.8 Å². The smallest absolute Gasteiger partial charge is 0.416 e. The molecule has 0 atom stereocenters. The van der Waals surface area contributed by atoms with Crippen LogP contribution >= 0.6 is 0 Å². The third-order valence-electron chi connectivity index (χ3n) is 4.51. The third kappa shape index (κ3) is 3.28. The van der Waals surface area contributed by atoms with E-state index in [1.807, 2.05) is 0 Å².